The topological polar surface area (TPSA) is 24.9 Å². The van der Waals surface area contributed by atoms with E-state index in [-0.39, 0.29) is 11.2 Å². The molecule has 0 saturated carbocycles. The van der Waals surface area contributed by atoms with Crippen LogP contribution in [0.1, 0.15) is 48.0 Å². The van der Waals surface area contributed by atoms with Gasteiger partial charge in [0.2, 0.25) is 0 Å². The smallest absolute Gasteiger partial charge is 0.123 e. The number of nitrogens with one attached hydrogen (secondary N) is 1. The highest BCUT2D eigenvalue weighted by molar-refractivity contribution is 7.12. The normalized spacial score (nSPS) is 13.5. The lowest BCUT2D eigenvalue weighted by Crippen LogP contribution is -2.18. The molecule has 1 unspecified atom stereocenters. The monoisotopic (exact) mass is 292 g/mol. The minimum Gasteiger partial charge on any atom is -0.312 e. The highest BCUT2D eigenvalue weighted by Crippen LogP contribution is 2.37. The molecule has 2 nitrogen and oxygen atoms in total. The summed E-state index contributed by atoms with van der Waals surface area (Å²) in [5.74, 6) is -0.204. The van der Waals surface area contributed by atoms with Crippen molar-refractivity contribution in [1.29, 1.82) is 0 Å². The molecule has 0 aliphatic heterocycles. The first-order chi connectivity index (χ1) is 9.36. The third-order valence-electron chi connectivity index (χ3n) is 3.76. The summed E-state index contributed by atoms with van der Waals surface area (Å²) in [4.78, 5) is 6.00. The molecular formula is C16H21FN2S. The van der Waals surface area contributed by atoms with Crippen molar-refractivity contribution in [1.82, 2.24) is 10.3 Å². The maximum Gasteiger partial charge on any atom is 0.123 e. The van der Waals surface area contributed by atoms with E-state index in [0.29, 0.717) is 6.04 Å². The van der Waals surface area contributed by atoms with Gasteiger partial charge in [0.05, 0.1) is 5.69 Å². The number of thiazole rings is 1. The molecule has 1 aromatic carbocycles. The van der Waals surface area contributed by atoms with Crippen molar-refractivity contribution in [2.24, 2.45) is 0 Å². The van der Waals surface area contributed by atoms with Crippen LogP contribution >= 0.6 is 11.3 Å². The molecule has 0 amide bonds. The molecule has 108 valence electrons. The maximum atomic E-state index is 13.1. The first-order valence-corrected chi connectivity index (χ1v) is 7.59. The molecule has 1 heterocycles. The van der Waals surface area contributed by atoms with Gasteiger partial charge in [0.25, 0.3) is 0 Å². The van der Waals surface area contributed by atoms with Gasteiger partial charge in [-0.1, -0.05) is 12.1 Å². The summed E-state index contributed by atoms with van der Waals surface area (Å²) in [5, 5.41) is 4.32. The number of rotatable bonds is 4. The van der Waals surface area contributed by atoms with Gasteiger partial charge in [-0.3, -0.25) is 0 Å². The molecule has 1 atom stereocenters. The van der Waals surface area contributed by atoms with Crippen molar-refractivity contribution in [2.75, 3.05) is 7.05 Å². The van der Waals surface area contributed by atoms with Crippen molar-refractivity contribution in [2.45, 2.75) is 39.2 Å². The molecule has 2 rings (SSSR count). The lowest BCUT2D eigenvalue weighted by atomic mass is 9.85. The van der Waals surface area contributed by atoms with E-state index in [2.05, 4.69) is 26.1 Å². The maximum absolute atomic E-state index is 13.1. The summed E-state index contributed by atoms with van der Waals surface area (Å²) in [5.41, 5.74) is 1.94. The molecule has 0 saturated heterocycles. The summed E-state index contributed by atoms with van der Waals surface area (Å²) >= 11 is 1.73. The number of nitrogens with zero attached hydrogens (tertiary/aromatic N) is 1. The first kappa shape index (κ1) is 15.1. The summed E-state index contributed by atoms with van der Waals surface area (Å²) in [7, 11) is 1.95. The van der Waals surface area contributed by atoms with Crippen LogP contribution in [0.2, 0.25) is 0 Å². The molecule has 0 fully saturated rings. The van der Waals surface area contributed by atoms with E-state index >= 15 is 0 Å². The number of aryl methyl sites for hydroxylation is 1. The Morgan fingerprint density at radius 3 is 2.40 bits per heavy atom. The van der Waals surface area contributed by atoms with Crippen LogP contribution in [0.5, 0.6) is 0 Å². The average Bonchev–Trinajstić information content (AvgIpc) is 2.81. The van der Waals surface area contributed by atoms with Gasteiger partial charge in [-0.05, 0) is 52.4 Å². The Morgan fingerprint density at radius 1 is 1.25 bits per heavy atom. The minimum atomic E-state index is -0.213. The van der Waals surface area contributed by atoms with Crippen LogP contribution in [0.3, 0.4) is 0 Å². The second-order valence-corrected chi connectivity index (χ2v) is 6.64. The van der Waals surface area contributed by atoms with Gasteiger partial charge in [0.15, 0.2) is 0 Å². The Morgan fingerprint density at radius 2 is 1.85 bits per heavy atom. The highest BCUT2D eigenvalue weighted by Gasteiger charge is 2.28. The third-order valence-corrected chi connectivity index (χ3v) is 5.42. The van der Waals surface area contributed by atoms with E-state index in [4.69, 9.17) is 4.98 Å². The molecule has 0 aliphatic rings. The Labute approximate surface area is 124 Å². The molecule has 1 aromatic heterocycles. The van der Waals surface area contributed by atoms with Crippen molar-refractivity contribution < 1.29 is 4.39 Å². The third kappa shape index (κ3) is 2.76. The number of aromatic nitrogens is 1. The van der Waals surface area contributed by atoms with Crippen molar-refractivity contribution in [3.63, 3.8) is 0 Å². The van der Waals surface area contributed by atoms with Crippen LogP contribution < -0.4 is 5.32 Å². The van der Waals surface area contributed by atoms with Crippen molar-refractivity contribution >= 4 is 11.3 Å². The van der Waals surface area contributed by atoms with E-state index in [1.807, 2.05) is 26.1 Å². The Kier molecular flexibility index (Phi) is 4.25. The van der Waals surface area contributed by atoms with Crippen LogP contribution in [0.15, 0.2) is 24.3 Å². The van der Waals surface area contributed by atoms with Crippen LogP contribution in [-0.2, 0) is 5.41 Å². The zero-order valence-corrected chi connectivity index (χ0v) is 13.4. The fourth-order valence-corrected chi connectivity index (χ4v) is 3.45. The Bertz CT molecular complexity index is 587. The van der Waals surface area contributed by atoms with Crippen LogP contribution in [0.25, 0.3) is 0 Å². The number of benzene rings is 1. The van der Waals surface area contributed by atoms with E-state index in [0.717, 1.165) is 16.3 Å². The van der Waals surface area contributed by atoms with E-state index in [1.165, 1.54) is 17.0 Å². The lowest BCUT2D eigenvalue weighted by molar-refractivity contribution is 0.611. The lowest BCUT2D eigenvalue weighted by Gasteiger charge is -2.22. The summed E-state index contributed by atoms with van der Waals surface area (Å²) in [6.07, 6.45) is 0. The molecule has 20 heavy (non-hydrogen) atoms. The SMILES string of the molecule is CNC(C)c1sc(C(C)(C)c2ccc(F)cc2)nc1C. The predicted octanol–water partition coefficient (Wildman–Crippen LogP) is 4.20. The first-order valence-electron chi connectivity index (χ1n) is 6.77. The zero-order valence-electron chi connectivity index (χ0n) is 12.6. The van der Waals surface area contributed by atoms with Gasteiger partial charge in [-0.15, -0.1) is 11.3 Å². The van der Waals surface area contributed by atoms with Crippen LogP contribution in [-0.4, -0.2) is 12.0 Å². The minimum absolute atomic E-state index is 0.204. The Balaban J connectivity index is 2.41. The standard InChI is InChI=1S/C16H21FN2S/c1-10(18-5)14-11(2)19-15(20-14)16(3,4)12-6-8-13(17)9-7-12/h6-10,18H,1-5H3. The largest absolute Gasteiger partial charge is 0.312 e. The van der Waals surface area contributed by atoms with Crippen molar-refractivity contribution in [3.8, 4) is 0 Å². The van der Waals surface area contributed by atoms with Gasteiger partial charge >= 0.3 is 0 Å². The van der Waals surface area contributed by atoms with E-state index in [1.54, 1.807) is 11.3 Å². The second-order valence-electron chi connectivity index (χ2n) is 5.61. The number of hydrogen-bond acceptors (Lipinski definition) is 3. The molecule has 4 heteroatoms. The zero-order chi connectivity index (χ0) is 14.9. The molecular weight excluding hydrogens is 271 g/mol. The molecule has 1 N–H and O–H groups in total. The average molecular weight is 292 g/mol. The molecule has 0 spiro atoms. The summed E-state index contributed by atoms with van der Waals surface area (Å²) in [6, 6.07) is 6.99. The van der Waals surface area contributed by atoms with Gasteiger partial charge in [0, 0.05) is 16.3 Å². The van der Waals surface area contributed by atoms with Crippen molar-refractivity contribution in [3.05, 3.63) is 51.2 Å². The summed E-state index contributed by atoms with van der Waals surface area (Å²) in [6.45, 7) is 8.44. The van der Waals surface area contributed by atoms with Gasteiger partial charge < -0.3 is 5.32 Å². The predicted molar refractivity (Wildman–Crippen MR) is 82.9 cm³/mol. The molecule has 0 radical (unpaired) electrons. The highest BCUT2D eigenvalue weighted by atomic mass is 32.1. The fraction of sp³-hybridized carbons (Fsp3) is 0.438. The van der Waals surface area contributed by atoms with Gasteiger partial charge in [-0.25, -0.2) is 9.37 Å². The second kappa shape index (κ2) is 5.62. The number of halogens is 1. The van der Waals surface area contributed by atoms with Gasteiger partial charge in [0.1, 0.15) is 10.8 Å². The van der Waals surface area contributed by atoms with E-state index < -0.39 is 0 Å². The number of hydrogen-bond donors (Lipinski definition) is 1. The fourth-order valence-electron chi connectivity index (χ4n) is 2.20. The van der Waals surface area contributed by atoms with Gasteiger partial charge in [-0.2, -0.15) is 0 Å². The quantitative estimate of drug-likeness (QED) is 0.913. The van der Waals surface area contributed by atoms with Crippen LogP contribution in [0.4, 0.5) is 4.39 Å². The van der Waals surface area contributed by atoms with Crippen LogP contribution in [0, 0.1) is 12.7 Å². The van der Waals surface area contributed by atoms with E-state index in [9.17, 15) is 4.39 Å². The molecule has 0 aliphatic carbocycles. The molecule has 2 aromatic rings. The summed E-state index contributed by atoms with van der Waals surface area (Å²) < 4.78 is 13.1. The molecule has 0 bridgehead atoms. The Hall–Kier alpha value is -1.26.